The zero-order chi connectivity index (χ0) is 14.7. The van der Waals surface area contributed by atoms with Gasteiger partial charge in [-0.3, -0.25) is 4.79 Å². The Morgan fingerprint density at radius 1 is 1.58 bits per heavy atom. The highest BCUT2D eigenvalue weighted by atomic mass is 32.2. The first kappa shape index (κ1) is 16.2. The van der Waals surface area contributed by atoms with Gasteiger partial charge in [0.2, 0.25) is 0 Å². The van der Waals surface area contributed by atoms with Crippen LogP contribution in [0, 0.1) is 6.92 Å². The molecule has 1 heterocycles. The van der Waals surface area contributed by atoms with Crippen LogP contribution in [0.4, 0.5) is 0 Å². The molecule has 108 valence electrons. The van der Waals surface area contributed by atoms with Gasteiger partial charge in [-0.1, -0.05) is 0 Å². The number of rotatable bonds is 6. The van der Waals surface area contributed by atoms with Crippen molar-refractivity contribution in [1.29, 1.82) is 0 Å². The van der Waals surface area contributed by atoms with Crippen LogP contribution in [0.2, 0.25) is 0 Å². The Balaban J connectivity index is 3.11. The van der Waals surface area contributed by atoms with Gasteiger partial charge >= 0.3 is 0 Å². The number of hydrogen-bond donors (Lipinski definition) is 0. The molecule has 3 unspecified atom stereocenters. The average Bonchev–Trinajstić information content (AvgIpc) is 2.69. The number of carbonyl (C=O) groups is 1. The number of ketones is 1. The summed E-state index contributed by atoms with van der Waals surface area (Å²) in [5, 5.41) is -0.541. The van der Waals surface area contributed by atoms with Crippen LogP contribution in [-0.4, -0.2) is 55.9 Å². The predicted molar refractivity (Wildman–Crippen MR) is 77.9 cm³/mol. The number of imidazole rings is 1. The molecule has 1 rings (SSSR count). The maximum atomic E-state index is 12.6. The minimum Gasteiger partial charge on any atom is -0.616 e. The number of hydrogen-bond acceptors (Lipinski definition) is 4. The van der Waals surface area contributed by atoms with Crippen LogP contribution in [0.25, 0.3) is 0 Å². The number of aromatic nitrogens is 2. The number of aryl methyl sites for hydroxylation is 1. The molecule has 0 bridgehead atoms. The van der Waals surface area contributed by atoms with E-state index in [0.717, 1.165) is 5.69 Å². The molecule has 0 aliphatic rings. The monoisotopic (exact) mass is 285 g/mol. The van der Waals surface area contributed by atoms with Gasteiger partial charge in [0, 0.05) is 18.9 Å². The summed E-state index contributed by atoms with van der Waals surface area (Å²) >= 11 is -1.19. The van der Waals surface area contributed by atoms with Crippen molar-refractivity contribution in [3.05, 3.63) is 17.7 Å². The van der Waals surface area contributed by atoms with E-state index in [1.807, 2.05) is 46.8 Å². The maximum Gasteiger partial charge on any atom is 0.251 e. The van der Waals surface area contributed by atoms with E-state index in [0.29, 0.717) is 11.6 Å². The molecule has 0 amide bonds. The van der Waals surface area contributed by atoms with Gasteiger partial charge in [0.15, 0.2) is 11.1 Å². The standard InChI is InChI=1S/C13H23N3O2S/c1-7-19(18)12(10(3)15(4)5)11(17)13-14-8-9(2)16(13)6/h8,10,12H,7H2,1-6H3. The van der Waals surface area contributed by atoms with Crippen molar-refractivity contribution < 1.29 is 9.35 Å². The number of carbonyl (C=O) groups excluding carboxylic acids is 1. The Bertz CT molecular complexity index is 445. The van der Waals surface area contributed by atoms with E-state index in [1.54, 1.807) is 10.8 Å². The van der Waals surface area contributed by atoms with Gasteiger partial charge in [0.25, 0.3) is 5.78 Å². The number of Topliss-reactive ketones (excluding diaryl/α,β-unsaturated/α-hetero) is 1. The SMILES string of the molecule is CC[S+]([O-])C(C(=O)c1ncc(C)n1C)C(C)N(C)C. The Morgan fingerprint density at radius 2 is 2.16 bits per heavy atom. The van der Waals surface area contributed by atoms with Gasteiger partial charge in [0.1, 0.15) is 5.75 Å². The van der Waals surface area contributed by atoms with Crippen LogP contribution in [0.3, 0.4) is 0 Å². The third-order valence-corrected chi connectivity index (χ3v) is 5.26. The molecule has 19 heavy (non-hydrogen) atoms. The van der Waals surface area contributed by atoms with Crippen molar-refractivity contribution in [2.75, 3.05) is 19.8 Å². The summed E-state index contributed by atoms with van der Waals surface area (Å²) in [5.74, 6) is 0.716. The van der Waals surface area contributed by atoms with Gasteiger partial charge in [-0.2, -0.15) is 0 Å². The van der Waals surface area contributed by atoms with Crippen LogP contribution in [0.15, 0.2) is 6.20 Å². The van der Waals surface area contributed by atoms with Crippen LogP contribution in [0.5, 0.6) is 0 Å². The molecule has 6 heteroatoms. The van der Waals surface area contributed by atoms with E-state index in [9.17, 15) is 9.35 Å². The molecule has 3 atom stereocenters. The van der Waals surface area contributed by atoms with Gasteiger partial charge in [-0.15, -0.1) is 0 Å². The molecule has 1 aromatic rings. The highest BCUT2D eigenvalue weighted by Crippen LogP contribution is 2.17. The molecule has 0 saturated heterocycles. The first-order valence-electron chi connectivity index (χ1n) is 6.37. The second-order valence-corrected chi connectivity index (χ2v) is 6.79. The Kier molecular flexibility index (Phi) is 5.58. The summed E-state index contributed by atoms with van der Waals surface area (Å²) in [6, 6.07) is -0.0923. The molecule has 0 aliphatic heterocycles. The molecule has 0 spiro atoms. The van der Waals surface area contributed by atoms with Crippen molar-refractivity contribution in [2.24, 2.45) is 7.05 Å². The molecule has 0 saturated carbocycles. The summed E-state index contributed by atoms with van der Waals surface area (Å²) < 4.78 is 14.0. The molecule has 5 nitrogen and oxygen atoms in total. The smallest absolute Gasteiger partial charge is 0.251 e. The zero-order valence-electron chi connectivity index (χ0n) is 12.5. The lowest BCUT2D eigenvalue weighted by Gasteiger charge is -2.29. The summed E-state index contributed by atoms with van der Waals surface area (Å²) in [4.78, 5) is 18.7. The first-order valence-corrected chi connectivity index (χ1v) is 7.75. The Hall–Kier alpha value is -0.850. The molecule has 0 aromatic carbocycles. The van der Waals surface area contributed by atoms with Crippen molar-refractivity contribution in [3.8, 4) is 0 Å². The molecular formula is C13H23N3O2S. The molecule has 0 N–H and O–H groups in total. The lowest BCUT2D eigenvalue weighted by molar-refractivity contribution is 0.0942. The number of nitrogens with zero attached hydrogens (tertiary/aromatic N) is 3. The fourth-order valence-corrected chi connectivity index (χ4v) is 3.25. The topological polar surface area (TPSA) is 61.2 Å². The van der Waals surface area contributed by atoms with E-state index in [4.69, 9.17) is 0 Å². The fraction of sp³-hybridized carbons (Fsp3) is 0.692. The molecule has 1 aromatic heterocycles. The summed E-state index contributed by atoms with van der Waals surface area (Å²) in [6.07, 6.45) is 1.67. The van der Waals surface area contributed by atoms with Crippen LogP contribution < -0.4 is 0 Å². The van der Waals surface area contributed by atoms with E-state index < -0.39 is 16.4 Å². The van der Waals surface area contributed by atoms with Gasteiger partial charge in [-0.05, 0) is 46.0 Å². The van der Waals surface area contributed by atoms with E-state index >= 15 is 0 Å². The predicted octanol–water partition coefficient (Wildman–Crippen LogP) is 0.999. The molecule has 0 radical (unpaired) electrons. The van der Waals surface area contributed by atoms with Crippen molar-refractivity contribution in [3.63, 3.8) is 0 Å². The minimum absolute atomic E-state index is 0.0923. The van der Waals surface area contributed by atoms with Gasteiger partial charge < -0.3 is 14.0 Å². The van der Waals surface area contributed by atoms with Crippen LogP contribution >= 0.6 is 0 Å². The summed E-state index contributed by atoms with van der Waals surface area (Å²) in [6.45, 7) is 5.65. The van der Waals surface area contributed by atoms with Crippen LogP contribution in [-0.2, 0) is 18.2 Å². The fourth-order valence-electron chi connectivity index (χ4n) is 1.86. The maximum absolute atomic E-state index is 12.6. The molecule has 0 aliphatic carbocycles. The molecule has 0 fully saturated rings. The Labute approximate surface area is 118 Å². The van der Waals surface area contributed by atoms with E-state index in [1.165, 1.54) is 0 Å². The average molecular weight is 285 g/mol. The lowest BCUT2D eigenvalue weighted by Crippen LogP contribution is -2.47. The van der Waals surface area contributed by atoms with Gasteiger partial charge in [-0.25, -0.2) is 4.98 Å². The van der Waals surface area contributed by atoms with Crippen molar-refractivity contribution in [1.82, 2.24) is 14.5 Å². The quantitative estimate of drug-likeness (QED) is 0.578. The first-order chi connectivity index (χ1) is 8.81. The second kappa shape index (κ2) is 6.54. The third kappa shape index (κ3) is 3.38. The normalized spacial score (nSPS) is 16.4. The third-order valence-electron chi connectivity index (χ3n) is 3.52. The largest absolute Gasteiger partial charge is 0.616 e. The van der Waals surface area contributed by atoms with Crippen molar-refractivity contribution in [2.45, 2.75) is 32.1 Å². The minimum atomic E-state index is -1.19. The lowest BCUT2D eigenvalue weighted by atomic mass is 10.1. The highest BCUT2D eigenvalue weighted by Gasteiger charge is 2.38. The summed E-state index contributed by atoms with van der Waals surface area (Å²) in [5.41, 5.74) is 0.918. The Morgan fingerprint density at radius 3 is 2.53 bits per heavy atom. The van der Waals surface area contributed by atoms with Gasteiger partial charge in [0.05, 0.1) is 6.04 Å². The molecular weight excluding hydrogens is 262 g/mol. The highest BCUT2D eigenvalue weighted by molar-refractivity contribution is 7.92. The van der Waals surface area contributed by atoms with E-state index in [-0.39, 0.29) is 11.8 Å². The zero-order valence-corrected chi connectivity index (χ0v) is 13.3. The van der Waals surface area contributed by atoms with E-state index in [2.05, 4.69) is 4.98 Å². The van der Waals surface area contributed by atoms with Crippen molar-refractivity contribution >= 4 is 17.0 Å². The second-order valence-electron chi connectivity index (χ2n) is 4.94. The summed E-state index contributed by atoms with van der Waals surface area (Å²) in [7, 11) is 5.59. The van der Waals surface area contributed by atoms with Crippen LogP contribution in [0.1, 0.15) is 30.2 Å².